The summed E-state index contributed by atoms with van der Waals surface area (Å²) < 4.78 is 25.9. The smallest absolute Gasteiger partial charge is 0.263 e. The van der Waals surface area contributed by atoms with Crippen LogP contribution in [0.1, 0.15) is 25.7 Å². The number of nitrogens with zero attached hydrogens (tertiary/aromatic N) is 1. The van der Waals surface area contributed by atoms with Gasteiger partial charge in [0.25, 0.3) is 5.92 Å². The van der Waals surface area contributed by atoms with Gasteiger partial charge in [-0.1, -0.05) is 0 Å². The lowest BCUT2D eigenvalue weighted by Crippen LogP contribution is -2.56. The molecule has 69 valence electrons. The Labute approximate surface area is 71.7 Å². The van der Waals surface area contributed by atoms with Crippen LogP contribution in [0.15, 0.2) is 0 Å². The maximum absolute atomic E-state index is 12.9. The van der Waals surface area contributed by atoms with Crippen LogP contribution in [-0.2, 0) is 0 Å². The second kappa shape index (κ2) is 2.95. The van der Waals surface area contributed by atoms with Crippen molar-refractivity contribution in [1.29, 1.82) is 0 Å². The number of alkyl halides is 2. The number of hydrogen-bond donors (Lipinski definition) is 0. The maximum Gasteiger partial charge on any atom is 0.263 e. The molecule has 1 atom stereocenters. The first-order valence-electron chi connectivity index (χ1n) is 4.64. The molecule has 0 aromatic rings. The van der Waals surface area contributed by atoms with Gasteiger partial charge >= 0.3 is 0 Å². The average Bonchev–Trinajstić information content (AvgIpc) is 2.05. The quantitative estimate of drug-likeness (QED) is 0.588. The van der Waals surface area contributed by atoms with Crippen LogP contribution in [0.2, 0.25) is 0 Å². The van der Waals surface area contributed by atoms with Gasteiger partial charge in [0.1, 0.15) is 0 Å². The third-order valence-electron chi connectivity index (χ3n) is 2.92. The van der Waals surface area contributed by atoms with Gasteiger partial charge in [0.05, 0.1) is 6.04 Å². The molecule has 1 radical (unpaired) electrons. The normalized spacial score (nSPS) is 36.0. The molecule has 1 aliphatic carbocycles. The van der Waals surface area contributed by atoms with Crippen molar-refractivity contribution in [2.75, 3.05) is 13.1 Å². The number of likely N-dealkylation sites (tertiary alicyclic amines) is 1. The summed E-state index contributed by atoms with van der Waals surface area (Å²) in [6.07, 6.45) is 4.93. The van der Waals surface area contributed by atoms with E-state index in [0.717, 1.165) is 25.9 Å². The van der Waals surface area contributed by atoms with Crippen molar-refractivity contribution in [2.24, 2.45) is 0 Å². The summed E-state index contributed by atoms with van der Waals surface area (Å²) in [6.45, 7) is 1.67. The van der Waals surface area contributed by atoms with Crippen molar-refractivity contribution < 1.29 is 8.78 Å². The fourth-order valence-electron chi connectivity index (χ4n) is 2.02. The van der Waals surface area contributed by atoms with Crippen LogP contribution in [-0.4, -0.2) is 30.0 Å². The van der Waals surface area contributed by atoms with Gasteiger partial charge in [0, 0.05) is 6.42 Å². The molecule has 2 aliphatic rings. The van der Waals surface area contributed by atoms with E-state index in [1.165, 1.54) is 0 Å². The van der Waals surface area contributed by atoms with Crippen LogP contribution in [0, 0.1) is 6.42 Å². The summed E-state index contributed by atoms with van der Waals surface area (Å²) >= 11 is 0. The van der Waals surface area contributed by atoms with Gasteiger partial charge in [0.2, 0.25) is 0 Å². The van der Waals surface area contributed by atoms with E-state index in [0.29, 0.717) is 6.42 Å². The van der Waals surface area contributed by atoms with E-state index in [1.807, 2.05) is 4.90 Å². The lowest BCUT2D eigenvalue weighted by molar-refractivity contribution is -0.150. The van der Waals surface area contributed by atoms with Gasteiger partial charge in [-0.05, 0) is 38.8 Å². The fraction of sp³-hybridized carbons (Fsp3) is 0.889. The molecule has 1 saturated carbocycles. The number of piperidine rings is 1. The molecule has 0 bridgehead atoms. The first-order valence-corrected chi connectivity index (χ1v) is 4.64. The zero-order chi connectivity index (χ0) is 8.60. The van der Waals surface area contributed by atoms with Crippen molar-refractivity contribution in [3.63, 3.8) is 0 Å². The molecule has 0 spiro atoms. The standard InChI is InChI=1S/C9H14F2N/c10-9(11)5-4-8(9)12-6-2-1-3-7-12/h1,8H,2-7H2. The van der Waals surface area contributed by atoms with Gasteiger partial charge < -0.3 is 0 Å². The highest BCUT2D eigenvalue weighted by molar-refractivity contribution is 4.97. The zero-order valence-electron chi connectivity index (χ0n) is 7.10. The average molecular weight is 174 g/mol. The van der Waals surface area contributed by atoms with Crippen LogP contribution in [0.4, 0.5) is 8.78 Å². The monoisotopic (exact) mass is 174 g/mol. The van der Waals surface area contributed by atoms with Crippen LogP contribution in [0.3, 0.4) is 0 Å². The van der Waals surface area contributed by atoms with E-state index >= 15 is 0 Å². The Bertz CT molecular complexity index is 164. The van der Waals surface area contributed by atoms with Crippen LogP contribution < -0.4 is 0 Å². The van der Waals surface area contributed by atoms with E-state index in [1.54, 1.807) is 0 Å². The highest BCUT2D eigenvalue weighted by Crippen LogP contribution is 2.41. The minimum Gasteiger partial charge on any atom is -0.295 e. The summed E-state index contributed by atoms with van der Waals surface area (Å²) in [5, 5.41) is 0. The van der Waals surface area contributed by atoms with E-state index in [4.69, 9.17) is 0 Å². The SMILES string of the molecule is FC1(F)CCC1N1CC[CH]CC1. The molecule has 2 fully saturated rings. The molecule has 0 aromatic heterocycles. The van der Waals surface area contributed by atoms with E-state index in [9.17, 15) is 8.78 Å². The molecule has 0 amide bonds. The lowest BCUT2D eigenvalue weighted by Gasteiger charge is -2.45. The molecule has 2 rings (SSSR count). The summed E-state index contributed by atoms with van der Waals surface area (Å²) in [5.41, 5.74) is 0. The van der Waals surface area contributed by atoms with Crippen LogP contribution in [0.25, 0.3) is 0 Å². The highest BCUT2D eigenvalue weighted by Gasteiger charge is 2.51. The molecule has 1 unspecified atom stereocenters. The van der Waals surface area contributed by atoms with Gasteiger partial charge in [-0.25, -0.2) is 8.78 Å². The number of rotatable bonds is 1. The second-order valence-corrected chi connectivity index (χ2v) is 3.72. The molecular formula is C9H14F2N. The summed E-state index contributed by atoms with van der Waals surface area (Å²) in [5.74, 6) is -2.39. The molecule has 1 aliphatic heterocycles. The maximum atomic E-state index is 12.9. The topological polar surface area (TPSA) is 3.24 Å². The van der Waals surface area contributed by atoms with Crippen molar-refractivity contribution in [3.05, 3.63) is 6.42 Å². The number of halogens is 2. The number of hydrogen-bond acceptors (Lipinski definition) is 1. The first-order chi connectivity index (χ1) is 5.70. The second-order valence-electron chi connectivity index (χ2n) is 3.72. The molecule has 0 N–H and O–H groups in total. The van der Waals surface area contributed by atoms with Gasteiger partial charge in [-0.2, -0.15) is 0 Å². The zero-order valence-corrected chi connectivity index (χ0v) is 7.10. The Balaban J connectivity index is 1.91. The lowest BCUT2D eigenvalue weighted by atomic mass is 9.85. The van der Waals surface area contributed by atoms with Gasteiger partial charge in [-0.15, -0.1) is 0 Å². The Kier molecular flexibility index (Phi) is 2.07. The summed E-state index contributed by atoms with van der Waals surface area (Å²) in [4.78, 5) is 1.95. The van der Waals surface area contributed by atoms with Crippen molar-refractivity contribution >= 4 is 0 Å². The van der Waals surface area contributed by atoms with E-state index < -0.39 is 12.0 Å². The third kappa shape index (κ3) is 1.35. The highest BCUT2D eigenvalue weighted by atomic mass is 19.3. The molecule has 0 aromatic carbocycles. The Morgan fingerprint density at radius 3 is 2.33 bits per heavy atom. The van der Waals surface area contributed by atoms with Crippen molar-refractivity contribution in [1.82, 2.24) is 4.90 Å². The van der Waals surface area contributed by atoms with E-state index in [2.05, 4.69) is 6.42 Å². The van der Waals surface area contributed by atoms with Crippen LogP contribution in [0.5, 0.6) is 0 Å². The van der Waals surface area contributed by atoms with Gasteiger partial charge in [0.15, 0.2) is 0 Å². The predicted octanol–water partition coefficient (Wildman–Crippen LogP) is 2.08. The van der Waals surface area contributed by atoms with Crippen molar-refractivity contribution in [2.45, 2.75) is 37.6 Å². The molecular weight excluding hydrogens is 160 g/mol. The minimum atomic E-state index is -2.39. The Hall–Kier alpha value is -0.180. The largest absolute Gasteiger partial charge is 0.295 e. The molecule has 1 heterocycles. The Morgan fingerprint density at radius 1 is 1.25 bits per heavy atom. The van der Waals surface area contributed by atoms with Crippen LogP contribution >= 0.6 is 0 Å². The Morgan fingerprint density at radius 2 is 1.92 bits per heavy atom. The van der Waals surface area contributed by atoms with E-state index in [-0.39, 0.29) is 6.42 Å². The summed E-state index contributed by atoms with van der Waals surface area (Å²) in [6, 6.07) is -0.439. The van der Waals surface area contributed by atoms with Gasteiger partial charge in [-0.3, -0.25) is 4.90 Å². The fourth-order valence-corrected chi connectivity index (χ4v) is 2.02. The minimum absolute atomic E-state index is 0.0951. The summed E-state index contributed by atoms with van der Waals surface area (Å²) in [7, 11) is 0. The molecule has 1 saturated heterocycles. The van der Waals surface area contributed by atoms with Crippen molar-refractivity contribution in [3.8, 4) is 0 Å². The first kappa shape index (κ1) is 8.42. The molecule has 1 nitrogen and oxygen atoms in total. The predicted molar refractivity (Wildman–Crippen MR) is 43.1 cm³/mol. The third-order valence-corrected chi connectivity index (χ3v) is 2.92. The molecule has 12 heavy (non-hydrogen) atoms. The molecule has 3 heteroatoms.